The molecule has 0 unspecified atom stereocenters. The summed E-state index contributed by atoms with van der Waals surface area (Å²) in [4.78, 5) is 13.1. The van der Waals surface area contributed by atoms with E-state index in [1.165, 1.54) is 6.92 Å². The molecule has 0 saturated carbocycles. The topological polar surface area (TPSA) is 75.3 Å². The molecular formula is C12H18N2O3S. The summed E-state index contributed by atoms with van der Waals surface area (Å²) in [6.07, 6.45) is 0. The number of carbonyl (C=O) groups is 1. The summed E-state index contributed by atoms with van der Waals surface area (Å²) in [6, 6.07) is 1.95. The normalized spacial score (nSPS) is 11.4. The van der Waals surface area contributed by atoms with Crippen LogP contribution in [-0.2, 0) is 14.8 Å². The van der Waals surface area contributed by atoms with Gasteiger partial charge in [0.2, 0.25) is 5.91 Å². The van der Waals surface area contributed by atoms with Crippen LogP contribution >= 0.6 is 0 Å². The zero-order chi connectivity index (χ0) is 14.1. The van der Waals surface area contributed by atoms with E-state index < -0.39 is 15.9 Å². The second kappa shape index (κ2) is 5.07. The maximum Gasteiger partial charge on any atom is 0.257 e. The number of amides is 1. The van der Waals surface area contributed by atoms with Crippen LogP contribution < -0.4 is 10.3 Å². The number of rotatable bonds is 3. The molecule has 0 spiro atoms. The molecule has 1 rings (SSSR count). The summed E-state index contributed by atoms with van der Waals surface area (Å²) in [5.41, 5.74) is 5.29. The van der Waals surface area contributed by atoms with Gasteiger partial charge < -0.3 is 0 Å². The van der Waals surface area contributed by atoms with E-state index in [0.29, 0.717) is 11.1 Å². The van der Waals surface area contributed by atoms with Crippen LogP contribution in [0, 0.1) is 27.7 Å². The number of nitrogens with one attached hydrogen (secondary N) is 2. The molecule has 1 aromatic rings. The summed E-state index contributed by atoms with van der Waals surface area (Å²) < 4.78 is 24.3. The van der Waals surface area contributed by atoms with E-state index in [2.05, 4.69) is 10.3 Å². The van der Waals surface area contributed by atoms with Crippen molar-refractivity contribution >= 4 is 15.9 Å². The highest BCUT2D eigenvalue weighted by Crippen LogP contribution is 2.25. The molecule has 0 aliphatic rings. The Labute approximate surface area is 108 Å². The summed E-state index contributed by atoms with van der Waals surface area (Å²) in [5.74, 6) is -0.460. The molecule has 2 N–H and O–H groups in total. The van der Waals surface area contributed by atoms with E-state index in [0.717, 1.165) is 11.1 Å². The first kappa shape index (κ1) is 14.7. The van der Waals surface area contributed by atoms with Crippen LogP contribution in [0.15, 0.2) is 11.0 Å². The van der Waals surface area contributed by atoms with Crippen LogP contribution in [0.5, 0.6) is 0 Å². The Kier molecular flexibility index (Phi) is 4.13. The highest BCUT2D eigenvalue weighted by atomic mass is 32.2. The van der Waals surface area contributed by atoms with Crippen molar-refractivity contribution in [3.63, 3.8) is 0 Å². The smallest absolute Gasteiger partial charge is 0.257 e. The fourth-order valence-corrected chi connectivity index (χ4v) is 3.28. The Morgan fingerprint density at radius 1 is 1.06 bits per heavy atom. The minimum absolute atomic E-state index is 0.230. The van der Waals surface area contributed by atoms with Gasteiger partial charge in [0, 0.05) is 6.92 Å². The number of carbonyl (C=O) groups excluding carboxylic acids is 1. The van der Waals surface area contributed by atoms with Crippen molar-refractivity contribution in [1.29, 1.82) is 0 Å². The lowest BCUT2D eigenvalue weighted by molar-refractivity contribution is -0.119. The SMILES string of the molecule is CC(=O)NNS(=O)(=O)c1c(C)c(C)cc(C)c1C. The largest absolute Gasteiger partial charge is 0.278 e. The highest BCUT2D eigenvalue weighted by molar-refractivity contribution is 7.89. The number of hydrogen-bond donors (Lipinski definition) is 2. The van der Waals surface area contributed by atoms with Crippen LogP contribution in [0.2, 0.25) is 0 Å². The third-order valence-electron chi connectivity index (χ3n) is 2.93. The number of benzene rings is 1. The fraction of sp³-hybridized carbons (Fsp3) is 0.417. The van der Waals surface area contributed by atoms with Gasteiger partial charge in [0.1, 0.15) is 0 Å². The molecule has 0 atom stereocenters. The van der Waals surface area contributed by atoms with Crippen molar-refractivity contribution in [2.75, 3.05) is 0 Å². The first-order valence-corrected chi connectivity index (χ1v) is 7.01. The van der Waals surface area contributed by atoms with E-state index >= 15 is 0 Å². The van der Waals surface area contributed by atoms with Crippen molar-refractivity contribution < 1.29 is 13.2 Å². The average molecular weight is 270 g/mol. The van der Waals surface area contributed by atoms with Gasteiger partial charge in [-0.05, 0) is 49.9 Å². The maximum absolute atomic E-state index is 12.2. The van der Waals surface area contributed by atoms with E-state index in [1.54, 1.807) is 13.8 Å². The minimum Gasteiger partial charge on any atom is -0.278 e. The predicted molar refractivity (Wildman–Crippen MR) is 69.5 cm³/mol. The second-order valence-corrected chi connectivity index (χ2v) is 6.00. The summed E-state index contributed by atoms with van der Waals surface area (Å²) >= 11 is 0. The van der Waals surface area contributed by atoms with Crippen molar-refractivity contribution in [1.82, 2.24) is 10.3 Å². The molecule has 0 heterocycles. The molecule has 0 fully saturated rings. The molecule has 0 aromatic heterocycles. The zero-order valence-electron chi connectivity index (χ0n) is 11.2. The van der Waals surface area contributed by atoms with Crippen LogP contribution in [0.4, 0.5) is 0 Å². The van der Waals surface area contributed by atoms with Gasteiger partial charge >= 0.3 is 0 Å². The van der Waals surface area contributed by atoms with Crippen LogP contribution in [0.3, 0.4) is 0 Å². The molecule has 0 aliphatic carbocycles. The third-order valence-corrected chi connectivity index (χ3v) is 4.45. The van der Waals surface area contributed by atoms with Crippen molar-refractivity contribution in [2.24, 2.45) is 0 Å². The van der Waals surface area contributed by atoms with E-state index in [1.807, 2.05) is 19.9 Å². The summed E-state index contributed by atoms with van der Waals surface area (Å²) in [5, 5.41) is 0. The Morgan fingerprint density at radius 3 is 1.89 bits per heavy atom. The Hall–Kier alpha value is -1.40. The lowest BCUT2D eigenvalue weighted by Crippen LogP contribution is -2.40. The van der Waals surface area contributed by atoms with E-state index in [-0.39, 0.29) is 4.90 Å². The van der Waals surface area contributed by atoms with Crippen molar-refractivity contribution in [3.05, 3.63) is 28.3 Å². The summed E-state index contributed by atoms with van der Waals surface area (Å²) in [7, 11) is -3.74. The number of hydrogen-bond acceptors (Lipinski definition) is 3. The summed E-state index contributed by atoms with van der Waals surface area (Å²) in [6.45, 7) is 8.47. The number of sulfonamides is 1. The number of aryl methyl sites for hydroxylation is 2. The molecule has 0 radical (unpaired) electrons. The number of hydrazine groups is 1. The molecule has 6 heteroatoms. The predicted octanol–water partition coefficient (Wildman–Crippen LogP) is 1.25. The van der Waals surface area contributed by atoms with Gasteiger partial charge in [-0.1, -0.05) is 6.07 Å². The van der Waals surface area contributed by atoms with Crippen molar-refractivity contribution in [2.45, 2.75) is 39.5 Å². The van der Waals surface area contributed by atoms with E-state index in [9.17, 15) is 13.2 Å². The monoisotopic (exact) mass is 270 g/mol. The second-order valence-electron chi connectivity index (χ2n) is 4.38. The average Bonchev–Trinajstić information content (AvgIpc) is 2.24. The molecule has 1 aromatic carbocycles. The molecule has 0 saturated heterocycles. The van der Waals surface area contributed by atoms with Gasteiger partial charge in [0.25, 0.3) is 10.0 Å². The lowest BCUT2D eigenvalue weighted by atomic mass is 10.0. The van der Waals surface area contributed by atoms with Gasteiger partial charge in [0.05, 0.1) is 4.90 Å². The molecule has 5 nitrogen and oxygen atoms in total. The Morgan fingerprint density at radius 2 is 1.50 bits per heavy atom. The first-order valence-electron chi connectivity index (χ1n) is 5.52. The molecule has 0 aliphatic heterocycles. The van der Waals surface area contributed by atoms with Gasteiger partial charge in [-0.2, -0.15) is 0 Å². The lowest BCUT2D eigenvalue weighted by Gasteiger charge is -2.16. The van der Waals surface area contributed by atoms with Gasteiger partial charge in [-0.3, -0.25) is 10.2 Å². The standard InChI is InChI=1S/C12H18N2O3S/c1-7-6-8(2)10(4)12(9(7)3)18(16,17)14-13-11(5)15/h6,14H,1-5H3,(H,13,15). The fourth-order valence-electron chi connectivity index (χ4n) is 1.77. The molecule has 18 heavy (non-hydrogen) atoms. The molecule has 0 bridgehead atoms. The Balaban J connectivity index is 3.36. The van der Waals surface area contributed by atoms with E-state index in [4.69, 9.17) is 0 Å². The molecular weight excluding hydrogens is 252 g/mol. The Bertz CT molecular complexity index is 566. The van der Waals surface area contributed by atoms with Crippen molar-refractivity contribution in [3.8, 4) is 0 Å². The molecule has 1 amide bonds. The minimum atomic E-state index is -3.74. The van der Waals surface area contributed by atoms with Gasteiger partial charge in [-0.25, -0.2) is 8.42 Å². The molecule has 100 valence electrons. The van der Waals surface area contributed by atoms with Crippen LogP contribution in [0.1, 0.15) is 29.2 Å². The van der Waals surface area contributed by atoms with Gasteiger partial charge in [-0.15, -0.1) is 4.83 Å². The van der Waals surface area contributed by atoms with Crippen LogP contribution in [-0.4, -0.2) is 14.3 Å². The first-order chi connectivity index (χ1) is 8.16. The zero-order valence-corrected chi connectivity index (χ0v) is 12.0. The third kappa shape index (κ3) is 2.88. The van der Waals surface area contributed by atoms with Crippen LogP contribution in [0.25, 0.3) is 0 Å². The quantitative estimate of drug-likeness (QED) is 0.812. The van der Waals surface area contributed by atoms with Gasteiger partial charge in [0.15, 0.2) is 0 Å². The highest BCUT2D eigenvalue weighted by Gasteiger charge is 2.22. The maximum atomic E-state index is 12.2.